The van der Waals surface area contributed by atoms with Crippen LogP contribution >= 0.6 is 0 Å². The summed E-state index contributed by atoms with van der Waals surface area (Å²) >= 11 is 0. The second-order valence-corrected chi connectivity index (χ2v) is 4.19. The summed E-state index contributed by atoms with van der Waals surface area (Å²) in [4.78, 5) is 12.1. The molecule has 0 unspecified atom stereocenters. The second kappa shape index (κ2) is 5.71. The summed E-state index contributed by atoms with van der Waals surface area (Å²) in [6.07, 6.45) is 0.736. The van der Waals surface area contributed by atoms with E-state index in [0.29, 0.717) is 12.1 Å². The van der Waals surface area contributed by atoms with E-state index in [1.165, 1.54) is 6.07 Å². The van der Waals surface area contributed by atoms with E-state index in [4.69, 9.17) is 5.73 Å². The Balaban J connectivity index is 2.25. The molecule has 0 bridgehead atoms. The Morgan fingerprint density at radius 2 is 1.58 bits per heavy atom. The molecule has 98 valence electrons. The van der Waals surface area contributed by atoms with Crippen molar-refractivity contribution >= 4 is 5.78 Å². The molecular formula is C15H13F2NO. The number of hydrogen-bond acceptors (Lipinski definition) is 2. The molecule has 0 saturated carbocycles. The molecule has 4 heteroatoms. The predicted octanol–water partition coefficient (Wildman–Crippen LogP) is 2.70. The third-order valence-electron chi connectivity index (χ3n) is 2.83. The first-order chi connectivity index (χ1) is 9.11. The zero-order valence-corrected chi connectivity index (χ0v) is 10.2. The van der Waals surface area contributed by atoms with Crippen LogP contribution in [-0.2, 0) is 6.42 Å². The maximum atomic E-state index is 13.1. The summed E-state index contributed by atoms with van der Waals surface area (Å²) < 4.78 is 25.9. The summed E-state index contributed by atoms with van der Waals surface area (Å²) in [6.45, 7) is 0.538. The van der Waals surface area contributed by atoms with Crippen molar-refractivity contribution in [1.29, 1.82) is 0 Å². The average molecular weight is 261 g/mol. The summed E-state index contributed by atoms with van der Waals surface area (Å²) in [5.74, 6) is -2.32. The highest BCUT2D eigenvalue weighted by atomic mass is 19.2. The van der Waals surface area contributed by atoms with Gasteiger partial charge >= 0.3 is 0 Å². The second-order valence-electron chi connectivity index (χ2n) is 4.19. The van der Waals surface area contributed by atoms with Crippen LogP contribution in [0.3, 0.4) is 0 Å². The Labute approximate surface area is 109 Å². The largest absolute Gasteiger partial charge is 0.330 e. The van der Waals surface area contributed by atoms with Crippen molar-refractivity contribution in [2.24, 2.45) is 5.73 Å². The number of carbonyl (C=O) groups excluding carboxylic acids is 1. The third-order valence-corrected chi connectivity index (χ3v) is 2.83. The van der Waals surface area contributed by atoms with E-state index in [1.807, 2.05) is 0 Å². The van der Waals surface area contributed by atoms with Gasteiger partial charge in [-0.3, -0.25) is 4.79 Å². The number of ketones is 1. The highest BCUT2D eigenvalue weighted by Gasteiger charge is 2.11. The van der Waals surface area contributed by atoms with Crippen LogP contribution in [0.1, 0.15) is 21.5 Å². The smallest absolute Gasteiger partial charge is 0.193 e. The van der Waals surface area contributed by atoms with Crippen LogP contribution in [0.15, 0.2) is 42.5 Å². The fourth-order valence-electron chi connectivity index (χ4n) is 1.79. The molecule has 2 rings (SSSR count). The fraction of sp³-hybridized carbons (Fsp3) is 0.133. The van der Waals surface area contributed by atoms with Crippen molar-refractivity contribution in [1.82, 2.24) is 0 Å². The Morgan fingerprint density at radius 3 is 2.16 bits per heavy atom. The summed E-state index contributed by atoms with van der Waals surface area (Å²) in [5.41, 5.74) is 7.03. The zero-order valence-electron chi connectivity index (χ0n) is 10.2. The first-order valence-corrected chi connectivity index (χ1v) is 5.90. The van der Waals surface area contributed by atoms with Crippen molar-refractivity contribution in [3.05, 3.63) is 70.8 Å². The van der Waals surface area contributed by atoms with Crippen LogP contribution in [-0.4, -0.2) is 12.3 Å². The summed E-state index contributed by atoms with van der Waals surface area (Å²) in [7, 11) is 0. The van der Waals surface area contributed by atoms with Gasteiger partial charge in [0.2, 0.25) is 0 Å². The Hall–Kier alpha value is -2.07. The Bertz CT molecular complexity index is 594. The van der Waals surface area contributed by atoms with Gasteiger partial charge in [0.15, 0.2) is 17.4 Å². The number of halogens is 2. The van der Waals surface area contributed by atoms with Gasteiger partial charge in [-0.15, -0.1) is 0 Å². The maximum absolute atomic E-state index is 13.1. The molecule has 2 nitrogen and oxygen atoms in total. The number of hydrogen-bond donors (Lipinski definition) is 1. The number of carbonyl (C=O) groups is 1. The van der Waals surface area contributed by atoms with E-state index < -0.39 is 11.6 Å². The molecule has 0 aromatic heterocycles. The first-order valence-electron chi connectivity index (χ1n) is 5.90. The lowest BCUT2D eigenvalue weighted by molar-refractivity contribution is 0.103. The van der Waals surface area contributed by atoms with Gasteiger partial charge < -0.3 is 5.73 Å². The molecule has 0 saturated heterocycles. The Kier molecular flexibility index (Phi) is 4.02. The van der Waals surface area contributed by atoms with Gasteiger partial charge in [-0.25, -0.2) is 8.78 Å². The molecule has 0 aliphatic heterocycles. The van der Waals surface area contributed by atoms with Gasteiger partial charge in [0.05, 0.1) is 0 Å². The van der Waals surface area contributed by atoms with Gasteiger partial charge in [-0.05, 0) is 36.7 Å². The van der Waals surface area contributed by atoms with Crippen molar-refractivity contribution < 1.29 is 13.6 Å². The molecule has 19 heavy (non-hydrogen) atoms. The van der Waals surface area contributed by atoms with E-state index in [0.717, 1.165) is 24.1 Å². The highest BCUT2D eigenvalue weighted by molar-refractivity contribution is 6.08. The monoisotopic (exact) mass is 261 g/mol. The van der Waals surface area contributed by atoms with Gasteiger partial charge in [-0.1, -0.05) is 24.3 Å². The van der Waals surface area contributed by atoms with Crippen molar-refractivity contribution in [2.45, 2.75) is 6.42 Å². The molecule has 0 heterocycles. The highest BCUT2D eigenvalue weighted by Crippen LogP contribution is 2.14. The molecule has 0 amide bonds. The van der Waals surface area contributed by atoms with Gasteiger partial charge in [-0.2, -0.15) is 0 Å². The molecule has 2 aromatic carbocycles. The molecule has 0 aliphatic rings. The average Bonchev–Trinajstić information content (AvgIpc) is 2.42. The SMILES string of the molecule is NCCc1ccc(C(=O)c2ccc(F)c(F)c2)cc1. The van der Waals surface area contributed by atoms with E-state index in [-0.39, 0.29) is 11.3 Å². The molecular weight excluding hydrogens is 248 g/mol. The van der Waals surface area contributed by atoms with E-state index in [1.54, 1.807) is 24.3 Å². The lowest BCUT2D eigenvalue weighted by Crippen LogP contribution is -2.05. The van der Waals surface area contributed by atoms with Crippen molar-refractivity contribution in [3.63, 3.8) is 0 Å². The maximum Gasteiger partial charge on any atom is 0.193 e. The van der Waals surface area contributed by atoms with Crippen LogP contribution in [0.25, 0.3) is 0 Å². The lowest BCUT2D eigenvalue weighted by atomic mass is 10.0. The molecule has 2 aromatic rings. The fourth-order valence-corrected chi connectivity index (χ4v) is 1.79. The minimum absolute atomic E-state index is 0.130. The van der Waals surface area contributed by atoms with Crippen LogP contribution in [0, 0.1) is 11.6 Å². The first kappa shape index (κ1) is 13.4. The minimum Gasteiger partial charge on any atom is -0.330 e. The minimum atomic E-state index is -1.02. The third kappa shape index (κ3) is 3.03. The van der Waals surface area contributed by atoms with E-state index >= 15 is 0 Å². The van der Waals surface area contributed by atoms with Crippen LogP contribution in [0.2, 0.25) is 0 Å². The number of nitrogens with two attached hydrogens (primary N) is 1. The summed E-state index contributed by atoms with van der Waals surface area (Å²) in [6, 6.07) is 10.1. The topological polar surface area (TPSA) is 43.1 Å². The predicted molar refractivity (Wildman–Crippen MR) is 69.0 cm³/mol. The van der Waals surface area contributed by atoms with Crippen LogP contribution in [0.4, 0.5) is 8.78 Å². The number of rotatable bonds is 4. The van der Waals surface area contributed by atoms with Crippen LogP contribution in [0.5, 0.6) is 0 Å². The van der Waals surface area contributed by atoms with Crippen molar-refractivity contribution in [2.75, 3.05) is 6.54 Å². The zero-order chi connectivity index (χ0) is 13.8. The molecule has 0 atom stereocenters. The summed E-state index contributed by atoms with van der Waals surface area (Å²) in [5, 5.41) is 0. The lowest BCUT2D eigenvalue weighted by Gasteiger charge is -2.04. The van der Waals surface area contributed by atoms with Crippen LogP contribution < -0.4 is 5.73 Å². The molecule has 2 N–H and O–H groups in total. The number of benzene rings is 2. The van der Waals surface area contributed by atoms with Crippen molar-refractivity contribution in [3.8, 4) is 0 Å². The quantitative estimate of drug-likeness (QED) is 0.860. The molecule has 0 aliphatic carbocycles. The molecule has 0 spiro atoms. The standard InChI is InChI=1S/C15H13F2NO/c16-13-6-5-12(9-14(13)17)15(19)11-3-1-10(2-4-11)7-8-18/h1-6,9H,7-8,18H2. The molecule has 0 fully saturated rings. The normalized spacial score (nSPS) is 10.5. The van der Waals surface area contributed by atoms with Gasteiger partial charge in [0.1, 0.15) is 0 Å². The Morgan fingerprint density at radius 1 is 0.947 bits per heavy atom. The molecule has 0 radical (unpaired) electrons. The van der Waals surface area contributed by atoms with E-state index in [2.05, 4.69) is 0 Å². The van der Waals surface area contributed by atoms with Gasteiger partial charge in [0.25, 0.3) is 0 Å². The van der Waals surface area contributed by atoms with E-state index in [9.17, 15) is 13.6 Å². The van der Waals surface area contributed by atoms with Gasteiger partial charge in [0, 0.05) is 11.1 Å².